The van der Waals surface area contributed by atoms with E-state index in [9.17, 15) is 9.59 Å². The van der Waals surface area contributed by atoms with Gasteiger partial charge in [-0.3, -0.25) is 9.59 Å². The van der Waals surface area contributed by atoms with Crippen molar-refractivity contribution in [3.05, 3.63) is 35.4 Å². The van der Waals surface area contributed by atoms with Crippen LogP contribution in [0.5, 0.6) is 0 Å². The number of carbonyl (C=O) groups is 2. The normalized spacial score (nSPS) is 21.4. The summed E-state index contributed by atoms with van der Waals surface area (Å²) in [5.41, 5.74) is 1.84. The Kier molecular flexibility index (Phi) is 5.28. The molecule has 0 saturated carbocycles. The number of esters is 1. The van der Waals surface area contributed by atoms with Gasteiger partial charge in [-0.15, -0.1) is 0 Å². The first-order valence-corrected chi connectivity index (χ1v) is 8.41. The van der Waals surface area contributed by atoms with Gasteiger partial charge in [0, 0.05) is 24.4 Å². The van der Waals surface area contributed by atoms with Gasteiger partial charge < -0.3 is 9.64 Å². The van der Waals surface area contributed by atoms with Gasteiger partial charge in [0.1, 0.15) is 0 Å². The Labute approximate surface area is 129 Å². The van der Waals surface area contributed by atoms with Gasteiger partial charge in [-0.1, -0.05) is 19.1 Å². The second-order valence-corrected chi connectivity index (χ2v) is 6.32. The molecule has 1 aromatic rings. The maximum absolute atomic E-state index is 12.6. The number of rotatable bonds is 4. The summed E-state index contributed by atoms with van der Waals surface area (Å²) in [6.07, 6.45) is 2.04. The summed E-state index contributed by atoms with van der Waals surface area (Å²) in [5, 5.41) is 0. The molecule has 1 saturated heterocycles. The molecule has 1 aliphatic heterocycles. The van der Waals surface area contributed by atoms with Crippen molar-refractivity contribution in [1.29, 1.82) is 0 Å². The van der Waals surface area contributed by atoms with Crippen molar-refractivity contribution >= 4 is 23.6 Å². The van der Waals surface area contributed by atoms with Gasteiger partial charge in [0.25, 0.3) is 5.91 Å². The van der Waals surface area contributed by atoms with Crippen LogP contribution >= 0.6 is 11.8 Å². The molecule has 0 aromatic heterocycles. The molecule has 1 aromatic carbocycles. The van der Waals surface area contributed by atoms with Crippen molar-refractivity contribution in [2.24, 2.45) is 11.8 Å². The third-order valence-corrected chi connectivity index (χ3v) is 4.51. The van der Waals surface area contributed by atoms with E-state index in [1.807, 2.05) is 37.4 Å². The van der Waals surface area contributed by atoms with Crippen LogP contribution < -0.4 is 0 Å². The SMILES string of the molecule is COC(=O)C1CN(C(=O)c2cccc(CSC)c2)CC1C. The lowest BCUT2D eigenvalue weighted by Gasteiger charge is -2.16. The van der Waals surface area contributed by atoms with Gasteiger partial charge in [-0.05, 0) is 29.9 Å². The summed E-state index contributed by atoms with van der Waals surface area (Å²) in [6.45, 7) is 3.03. The second-order valence-electron chi connectivity index (χ2n) is 5.45. The van der Waals surface area contributed by atoms with E-state index in [0.717, 1.165) is 11.3 Å². The first kappa shape index (κ1) is 15.9. The van der Waals surface area contributed by atoms with Crippen molar-refractivity contribution in [1.82, 2.24) is 4.90 Å². The lowest BCUT2D eigenvalue weighted by atomic mass is 9.99. The van der Waals surface area contributed by atoms with E-state index >= 15 is 0 Å². The number of ether oxygens (including phenoxy) is 1. The number of thioether (sulfide) groups is 1. The molecule has 1 aliphatic rings. The molecular formula is C16H21NO3S. The molecule has 114 valence electrons. The molecule has 1 fully saturated rings. The van der Waals surface area contributed by atoms with E-state index in [4.69, 9.17) is 4.74 Å². The summed E-state index contributed by atoms with van der Waals surface area (Å²) in [7, 11) is 1.39. The maximum atomic E-state index is 12.6. The summed E-state index contributed by atoms with van der Waals surface area (Å²) in [4.78, 5) is 26.0. The first-order chi connectivity index (χ1) is 10.1. The zero-order valence-corrected chi connectivity index (χ0v) is 13.5. The molecule has 0 N–H and O–H groups in total. The number of carbonyl (C=O) groups excluding carboxylic acids is 2. The quantitative estimate of drug-likeness (QED) is 0.802. The number of methoxy groups -OCH3 is 1. The van der Waals surface area contributed by atoms with E-state index in [-0.39, 0.29) is 23.7 Å². The van der Waals surface area contributed by atoms with Crippen LogP contribution in [0.4, 0.5) is 0 Å². The fraction of sp³-hybridized carbons (Fsp3) is 0.500. The number of nitrogens with zero attached hydrogens (tertiary/aromatic N) is 1. The number of likely N-dealkylation sites (tertiary alicyclic amines) is 1. The Bertz CT molecular complexity index is 532. The molecule has 21 heavy (non-hydrogen) atoms. The molecule has 5 heteroatoms. The van der Waals surface area contributed by atoms with Crippen molar-refractivity contribution in [3.8, 4) is 0 Å². The van der Waals surface area contributed by atoms with Crippen LogP contribution in [0.15, 0.2) is 24.3 Å². The largest absolute Gasteiger partial charge is 0.469 e. The molecule has 2 unspecified atom stereocenters. The summed E-state index contributed by atoms with van der Waals surface area (Å²) in [6, 6.07) is 7.71. The van der Waals surface area contributed by atoms with Gasteiger partial charge >= 0.3 is 5.97 Å². The minimum absolute atomic E-state index is 0.00351. The Morgan fingerprint density at radius 2 is 2.14 bits per heavy atom. The highest BCUT2D eigenvalue weighted by Gasteiger charge is 2.37. The molecule has 2 rings (SSSR count). The highest BCUT2D eigenvalue weighted by atomic mass is 32.2. The third-order valence-electron chi connectivity index (χ3n) is 3.89. The van der Waals surface area contributed by atoms with Crippen molar-refractivity contribution < 1.29 is 14.3 Å². The van der Waals surface area contributed by atoms with Gasteiger partial charge in [0.05, 0.1) is 13.0 Å². The Morgan fingerprint density at radius 1 is 1.38 bits per heavy atom. The first-order valence-electron chi connectivity index (χ1n) is 7.01. The number of benzene rings is 1. The predicted octanol–water partition coefficient (Wildman–Crippen LogP) is 2.43. The van der Waals surface area contributed by atoms with E-state index in [1.165, 1.54) is 7.11 Å². The number of amides is 1. The van der Waals surface area contributed by atoms with E-state index < -0.39 is 0 Å². The average Bonchev–Trinajstić information content (AvgIpc) is 2.88. The lowest BCUT2D eigenvalue weighted by molar-refractivity contribution is -0.146. The van der Waals surface area contributed by atoms with Crippen LogP contribution in [0, 0.1) is 11.8 Å². The topological polar surface area (TPSA) is 46.6 Å². The van der Waals surface area contributed by atoms with Crippen molar-refractivity contribution in [2.75, 3.05) is 26.5 Å². The lowest BCUT2D eigenvalue weighted by Crippen LogP contribution is -2.30. The summed E-state index contributed by atoms with van der Waals surface area (Å²) in [5.74, 6) is 0.580. The highest BCUT2D eigenvalue weighted by Crippen LogP contribution is 2.25. The molecule has 1 amide bonds. The molecule has 4 nitrogen and oxygen atoms in total. The average molecular weight is 307 g/mol. The van der Waals surface area contributed by atoms with E-state index in [2.05, 4.69) is 0 Å². The fourth-order valence-corrected chi connectivity index (χ4v) is 3.25. The van der Waals surface area contributed by atoms with Gasteiger partial charge in [0.15, 0.2) is 0 Å². The molecular weight excluding hydrogens is 286 g/mol. The highest BCUT2D eigenvalue weighted by molar-refractivity contribution is 7.97. The smallest absolute Gasteiger partial charge is 0.310 e. The third kappa shape index (κ3) is 3.59. The zero-order valence-electron chi connectivity index (χ0n) is 12.7. The van der Waals surface area contributed by atoms with Crippen LogP contribution in [0.1, 0.15) is 22.8 Å². The second kappa shape index (κ2) is 6.98. The minimum atomic E-state index is -0.228. The number of hydrogen-bond donors (Lipinski definition) is 0. The number of hydrogen-bond acceptors (Lipinski definition) is 4. The standard InChI is InChI=1S/C16H21NO3S/c1-11-8-17(9-14(11)16(19)20-2)15(18)13-6-4-5-12(7-13)10-21-3/h4-7,11,14H,8-10H2,1-3H3. The van der Waals surface area contributed by atoms with Crippen molar-refractivity contribution in [3.63, 3.8) is 0 Å². The van der Waals surface area contributed by atoms with Crippen LogP contribution in [-0.4, -0.2) is 43.2 Å². The summed E-state index contributed by atoms with van der Waals surface area (Å²) >= 11 is 1.73. The minimum Gasteiger partial charge on any atom is -0.469 e. The Hall–Kier alpha value is -1.49. The van der Waals surface area contributed by atoms with Crippen LogP contribution in [0.2, 0.25) is 0 Å². The Morgan fingerprint density at radius 3 is 2.81 bits per heavy atom. The van der Waals surface area contributed by atoms with Crippen LogP contribution in [0.3, 0.4) is 0 Å². The molecule has 1 heterocycles. The maximum Gasteiger partial charge on any atom is 0.310 e. The monoisotopic (exact) mass is 307 g/mol. The molecule has 2 atom stereocenters. The van der Waals surface area contributed by atoms with Gasteiger partial charge in [0.2, 0.25) is 0 Å². The predicted molar refractivity (Wildman–Crippen MR) is 84.2 cm³/mol. The fourth-order valence-electron chi connectivity index (χ4n) is 2.73. The van der Waals surface area contributed by atoms with Crippen molar-refractivity contribution in [2.45, 2.75) is 12.7 Å². The summed E-state index contributed by atoms with van der Waals surface area (Å²) < 4.78 is 4.81. The molecule has 0 spiro atoms. The molecule has 0 radical (unpaired) electrons. The van der Waals surface area contributed by atoms with E-state index in [0.29, 0.717) is 18.7 Å². The molecule has 0 bridgehead atoms. The van der Waals surface area contributed by atoms with Gasteiger partial charge in [-0.2, -0.15) is 11.8 Å². The van der Waals surface area contributed by atoms with Crippen LogP contribution in [-0.2, 0) is 15.3 Å². The van der Waals surface area contributed by atoms with Gasteiger partial charge in [-0.25, -0.2) is 0 Å². The zero-order chi connectivity index (χ0) is 15.4. The van der Waals surface area contributed by atoms with Crippen LogP contribution in [0.25, 0.3) is 0 Å². The van der Waals surface area contributed by atoms with E-state index in [1.54, 1.807) is 16.7 Å². The Balaban J connectivity index is 2.10. The molecule has 0 aliphatic carbocycles.